The fraction of sp³-hybridized carbons (Fsp3) is 0.438. The molecule has 3 fully saturated rings. The number of nitrogens with zero attached hydrogens (tertiary/aromatic N) is 6. The first-order valence-electron chi connectivity index (χ1n) is 22.4. The van der Waals surface area contributed by atoms with Gasteiger partial charge in [0.05, 0.1) is 24.2 Å². The van der Waals surface area contributed by atoms with Crippen LogP contribution in [0.15, 0.2) is 54.7 Å². The van der Waals surface area contributed by atoms with Gasteiger partial charge in [0.25, 0.3) is 0 Å². The Hall–Kier alpha value is -5.51. The number of aryl methyl sites for hydroxylation is 2. The first kappa shape index (κ1) is 47.0. The van der Waals surface area contributed by atoms with E-state index in [2.05, 4.69) is 65.9 Å². The third kappa shape index (κ3) is 10.2. The Bertz CT molecular complexity index is 2590. The van der Waals surface area contributed by atoms with Crippen molar-refractivity contribution in [2.24, 2.45) is 0 Å². The molecule has 0 saturated carbocycles. The van der Waals surface area contributed by atoms with E-state index in [1.807, 2.05) is 31.2 Å². The van der Waals surface area contributed by atoms with E-state index < -0.39 is 49.0 Å². The molecule has 0 aliphatic carbocycles. The largest absolute Gasteiger partial charge is 0.494 e. The third-order valence-electron chi connectivity index (χ3n) is 13.0. The van der Waals surface area contributed by atoms with Crippen molar-refractivity contribution in [1.82, 2.24) is 30.1 Å². The number of alkyl halides is 3. The van der Waals surface area contributed by atoms with Crippen molar-refractivity contribution in [3.63, 3.8) is 0 Å². The molecule has 3 aliphatic heterocycles. The fourth-order valence-electron chi connectivity index (χ4n) is 9.52. The number of anilines is 5. The average Bonchev–Trinajstić information content (AvgIpc) is 3.28. The smallest absolute Gasteiger partial charge is 0.421 e. The van der Waals surface area contributed by atoms with E-state index in [1.54, 1.807) is 19.2 Å². The number of pyridine rings is 1. The van der Waals surface area contributed by atoms with Gasteiger partial charge in [0, 0.05) is 104 Å². The fourth-order valence-corrected chi connectivity index (χ4v) is 10.8. The molecule has 0 radical (unpaired) electrons. The molecule has 350 valence electrons. The molecular weight excluding hydrogens is 877 g/mol. The number of nitrogens with one attached hydrogen (secondary N) is 3. The van der Waals surface area contributed by atoms with Crippen LogP contribution < -0.4 is 30.9 Å². The monoisotopic (exact) mass is 931 g/mol. The zero-order valence-corrected chi connectivity index (χ0v) is 38.7. The summed E-state index contributed by atoms with van der Waals surface area (Å²) in [6.45, 7) is 13.8. The number of rotatable bonds is 13. The Morgan fingerprint density at radius 1 is 0.894 bits per heavy atom. The van der Waals surface area contributed by atoms with Crippen LogP contribution in [0.3, 0.4) is 0 Å². The molecular formula is C48H55F5N9O3P. The highest BCUT2D eigenvalue weighted by Crippen LogP contribution is 2.41. The van der Waals surface area contributed by atoms with E-state index in [4.69, 9.17) is 4.74 Å². The number of amides is 2. The van der Waals surface area contributed by atoms with Gasteiger partial charge in [0.15, 0.2) is 0 Å². The summed E-state index contributed by atoms with van der Waals surface area (Å²) in [5.74, 6) is -3.49. The molecule has 3 aromatic carbocycles. The second-order valence-electron chi connectivity index (χ2n) is 17.4. The SMILES string of the molecule is CCc1cc(Nc2ncc(C(F)(F)F)c(Nc3ccc4nc(C)ccc4c3P(C)C)n2)c(OC)cc1N1CCC(N2CCN(CCc3cc(F)c(C4CCC(=O)NC4=O)c(F)c3)CC2)CC1. The molecule has 0 bridgehead atoms. The Labute approximate surface area is 382 Å². The van der Waals surface area contributed by atoms with E-state index in [1.165, 1.54) is 12.1 Å². The molecule has 1 unspecified atom stereocenters. The molecule has 0 spiro atoms. The lowest BCUT2D eigenvalue weighted by molar-refractivity contribution is -0.137. The number of methoxy groups -OCH3 is 1. The van der Waals surface area contributed by atoms with Crippen LogP contribution in [0.4, 0.5) is 50.8 Å². The molecule has 18 heteroatoms. The summed E-state index contributed by atoms with van der Waals surface area (Å²) in [5.41, 5.74) is 4.06. The highest BCUT2D eigenvalue weighted by Gasteiger charge is 2.37. The summed E-state index contributed by atoms with van der Waals surface area (Å²) < 4.78 is 79.3. The van der Waals surface area contributed by atoms with E-state index in [0.717, 1.165) is 91.5 Å². The average molecular weight is 932 g/mol. The molecule has 5 aromatic rings. The maximum absolute atomic E-state index is 15.1. The van der Waals surface area contributed by atoms with Crippen LogP contribution in [0.1, 0.15) is 66.5 Å². The Kier molecular flexibility index (Phi) is 14.1. The number of aromatic nitrogens is 3. The minimum atomic E-state index is -4.71. The lowest BCUT2D eigenvalue weighted by Gasteiger charge is -2.43. The summed E-state index contributed by atoms with van der Waals surface area (Å²) in [5, 5.41) is 10.1. The van der Waals surface area contributed by atoms with Gasteiger partial charge in [0.1, 0.15) is 28.8 Å². The van der Waals surface area contributed by atoms with Crippen molar-refractivity contribution < 1.29 is 36.3 Å². The van der Waals surface area contributed by atoms with Gasteiger partial charge in [-0.25, -0.2) is 13.8 Å². The minimum Gasteiger partial charge on any atom is -0.494 e. The Morgan fingerprint density at radius 3 is 2.27 bits per heavy atom. The predicted molar refractivity (Wildman–Crippen MR) is 249 cm³/mol. The number of hydrogen-bond acceptors (Lipinski definition) is 11. The maximum Gasteiger partial charge on any atom is 0.421 e. The quantitative estimate of drug-likeness (QED) is 0.0599. The highest BCUT2D eigenvalue weighted by atomic mass is 31.1. The zero-order chi connectivity index (χ0) is 46.9. The summed E-state index contributed by atoms with van der Waals surface area (Å²) >= 11 is 0. The molecule has 3 saturated heterocycles. The van der Waals surface area contributed by atoms with Gasteiger partial charge in [0.2, 0.25) is 17.8 Å². The summed E-state index contributed by atoms with van der Waals surface area (Å²) in [7, 11) is 0.811. The second kappa shape index (κ2) is 19.8. The van der Waals surface area contributed by atoms with E-state index in [0.29, 0.717) is 48.1 Å². The maximum atomic E-state index is 15.1. The number of piperazine rings is 1. The van der Waals surface area contributed by atoms with Gasteiger partial charge in [-0.05, 0) is 99.9 Å². The number of piperidine rings is 2. The topological polar surface area (TPSA) is 128 Å². The molecule has 2 amide bonds. The molecule has 3 N–H and O–H groups in total. The van der Waals surface area contributed by atoms with Crippen LogP contribution in [0.2, 0.25) is 0 Å². The second-order valence-corrected chi connectivity index (χ2v) is 19.7. The van der Waals surface area contributed by atoms with Crippen LogP contribution in [-0.2, 0) is 28.6 Å². The van der Waals surface area contributed by atoms with E-state index in [9.17, 15) is 22.8 Å². The van der Waals surface area contributed by atoms with E-state index >= 15 is 8.78 Å². The normalized spacial score (nSPS) is 18.0. The molecule has 8 rings (SSSR count). The number of ether oxygens (including phenoxy) is 1. The van der Waals surface area contributed by atoms with Crippen LogP contribution in [0.25, 0.3) is 10.9 Å². The van der Waals surface area contributed by atoms with Gasteiger partial charge >= 0.3 is 6.18 Å². The minimum absolute atomic E-state index is 0.0158. The third-order valence-corrected chi connectivity index (χ3v) is 14.4. The van der Waals surface area contributed by atoms with Crippen LogP contribution in [-0.4, -0.2) is 109 Å². The van der Waals surface area contributed by atoms with Crippen LogP contribution in [0.5, 0.6) is 5.75 Å². The highest BCUT2D eigenvalue weighted by molar-refractivity contribution is 7.65. The van der Waals surface area contributed by atoms with Crippen molar-refractivity contribution in [2.45, 2.75) is 70.5 Å². The lowest BCUT2D eigenvalue weighted by atomic mass is 9.89. The number of carbonyl (C=O) groups excluding carboxylic acids is 2. The number of imide groups is 1. The summed E-state index contributed by atoms with van der Waals surface area (Å²) in [4.78, 5) is 44.1. The number of benzene rings is 3. The Morgan fingerprint density at radius 2 is 1.62 bits per heavy atom. The molecule has 2 aromatic heterocycles. The van der Waals surface area contributed by atoms with Gasteiger partial charge in [-0.3, -0.25) is 24.8 Å². The van der Waals surface area contributed by atoms with Gasteiger partial charge < -0.3 is 25.2 Å². The number of hydrogen-bond donors (Lipinski definition) is 3. The standard InChI is InChI=1S/C48H55F5N9O3P/c1-6-30-25-39(57-47-54-27-34(48(51,52)53)45(59-47)56-38-11-10-37-32(44(38)66(4)5)8-7-28(2)55-37)41(65-3)26-40(30)62-17-14-31(15-18-62)61-21-19-60(20-22-61)16-13-29-23-35(49)43(36(50)24-29)33-9-12-42(63)58-46(33)64/h7-8,10-11,23-27,31,33H,6,9,12-22H2,1-5H3,(H,58,63,64)(H2,54,56,57,59). The van der Waals surface area contributed by atoms with Crippen molar-refractivity contribution >= 4 is 64.8 Å². The lowest BCUT2D eigenvalue weighted by Crippen LogP contribution is -2.53. The van der Waals surface area contributed by atoms with Gasteiger partial charge in [-0.2, -0.15) is 18.2 Å². The van der Waals surface area contributed by atoms with Crippen molar-refractivity contribution in [3.8, 4) is 5.75 Å². The summed E-state index contributed by atoms with van der Waals surface area (Å²) in [6.07, 6.45) is -0.674. The molecule has 1 atom stereocenters. The molecule has 3 aliphatic rings. The van der Waals surface area contributed by atoms with Crippen LogP contribution >= 0.6 is 7.92 Å². The first-order chi connectivity index (χ1) is 31.6. The zero-order valence-electron chi connectivity index (χ0n) is 37.8. The van der Waals surface area contributed by atoms with Gasteiger partial charge in [-0.1, -0.05) is 20.9 Å². The van der Waals surface area contributed by atoms with Crippen LogP contribution in [0, 0.1) is 18.6 Å². The predicted octanol–water partition coefficient (Wildman–Crippen LogP) is 8.40. The first-order valence-corrected chi connectivity index (χ1v) is 24.6. The van der Waals surface area contributed by atoms with Gasteiger partial charge in [-0.15, -0.1) is 0 Å². The Balaban J connectivity index is 0.893. The number of carbonyl (C=O) groups is 2. The van der Waals surface area contributed by atoms with Crippen molar-refractivity contribution in [2.75, 3.05) is 81.8 Å². The van der Waals surface area contributed by atoms with Crippen molar-refractivity contribution in [3.05, 3.63) is 94.3 Å². The van der Waals surface area contributed by atoms with E-state index in [-0.39, 0.29) is 30.2 Å². The van der Waals surface area contributed by atoms with Crippen molar-refractivity contribution in [1.29, 1.82) is 0 Å². The summed E-state index contributed by atoms with van der Waals surface area (Å²) in [6, 6.07) is 14.4. The molecule has 5 heterocycles. The molecule has 12 nitrogen and oxygen atoms in total. The number of halogens is 5. The number of fused-ring (bicyclic) bond motifs is 1. The molecule has 66 heavy (non-hydrogen) atoms.